The molecule has 1 atom stereocenters. The van der Waals surface area contributed by atoms with Gasteiger partial charge < -0.3 is 16.0 Å². The van der Waals surface area contributed by atoms with Crippen molar-refractivity contribution < 1.29 is 22.8 Å². The van der Waals surface area contributed by atoms with Gasteiger partial charge in [-0.05, 0) is 24.3 Å². The summed E-state index contributed by atoms with van der Waals surface area (Å²) in [6, 6.07) is 4.44. The van der Waals surface area contributed by atoms with E-state index >= 15 is 0 Å². The van der Waals surface area contributed by atoms with Crippen molar-refractivity contribution >= 4 is 49.9 Å². The number of anilines is 2. The van der Waals surface area contributed by atoms with E-state index in [9.17, 15) is 22.8 Å². The minimum absolute atomic E-state index is 0.0355. The molecule has 29 heavy (non-hydrogen) atoms. The molecule has 3 rings (SSSR count). The van der Waals surface area contributed by atoms with Crippen molar-refractivity contribution in [1.82, 2.24) is 14.6 Å². The van der Waals surface area contributed by atoms with Crippen molar-refractivity contribution in [3.8, 4) is 0 Å². The van der Waals surface area contributed by atoms with Crippen LogP contribution in [0.2, 0.25) is 0 Å². The zero-order chi connectivity index (χ0) is 21.0. The van der Waals surface area contributed by atoms with Gasteiger partial charge in [0.05, 0.1) is 11.3 Å². The summed E-state index contributed by atoms with van der Waals surface area (Å²) in [7, 11) is -4.03. The predicted molar refractivity (Wildman–Crippen MR) is 107 cm³/mol. The van der Waals surface area contributed by atoms with E-state index in [1.54, 1.807) is 5.38 Å². The molecule has 3 N–H and O–H groups in total. The van der Waals surface area contributed by atoms with Crippen LogP contribution >= 0.6 is 11.3 Å². The van der Waals surface area contributed by atoms with Crippen LogP contribution in [0.1, 0.15) is 13.3 Å². The number of rotatable bonds is 6. The Bertz CT molecular complexity index is 1010. The highest BCUT2D eigenvalue weighted by molar-refractivity contribution is 7.89. The van der Waals surface area contributed by atoms with Gasteiger partial charge in [0.2, 0.25) is 27.7 Å². The van der Waals surface area contributed by atoms with Crippen LogP contribution in [0, 0.1) is 0 Å². The van der Waals surface area contributed by atoms with Crippen LogP contribution < -0.4 is 16.0 Å². The van der Waals surface area contributed by atoms with Gasteiger partial charge >= 0.3 is 0 Å². The molecule has 10 nitrogen and oxygen atoms in total. The zero-order valence-corrected chi connectivity index (χ0v) is 17.0. The van der Waals surface area contributed by atoms with Crippen LogP contribution in [-0.2, 0) is 24.4 Å². The molecule has 0 saturated carbocycles. The topological polar surface area (TPSA) is 138 Å². The minimum Gasteiger partial charge on any atom is -0.353 e. The molecule has 1 saturated heterocycles. The van der Waals surface area contributed by atoms with Crippen LogP contribution in [0.5, 0.6) is 0 Å². The summed E-state index contributed by atoms with van der Waals surface area (Å²) in [6.07, 6.45) is 1.18. The summed E-state index contributed by atoms with van der Waals surface area (Å²) in [4.78, 5) is 39.6. The van der Waals surface area contributed by atoms with Crippen LogP contribution in [-0.4, -0.2) is 54.6 Å². The first kappa shape index (κ1) is 20.9. The molecule has 1 aromatic heterocycles. The van der Waals surface area contributed by atoms with Gasteiger partial charge in [0.25, 0.3) is 0 Å². The molecule has 1 unspecified atom stereocenters. The molecule has 2 heterocycles. The third-order valence-corrected chi connectivity index (χ3v) is 6.73. The third-order valence-electron chi connectivity index (χ3n) is 4.12. The second kappa shape index (κ2) is 8.68. The minimum atomic E-state index is -4.03. The first-order valence-corrected chi connectivity index (χ1v) is 11.0. The molecule has 0 aliphatic carbocycles. The van der Waals surface area contributed by atoms with Crippen LogP contribution in [0.4, 0.5) is 10.8 Å². The van der Waals surface area contributed by atoms with Gasteiger partial charge in [0, 0.05) is 37.3 Å². The third kappa shape index (κ3) is 4.96. The fourth-order valence-corrected chi connectivity index (χ4v) is 4.99. The highest BCUT2D eigenvalue weighted by atomic mass is 32.2. The molecule has 3 amide bonds. The zero-order valence-electron chi connectivity index (χ0n) is 15.4. The summed E-state index contributed by atoms with van der Waals surface area (Å²) in [5, 5.41) is 9.76. The van der Waals surface area contributed by atoms with Crippen LogP contribution in [0.15, 0.2) is 40.7 Å². The first-order valence-electron chi connectivity index (χ1n) is 8.64. The Labute approximate surface area is 171 Å². The summed E-state index contributed by atoms with van der Waals surface area (Å²) in [6.45, 7) is 1.53. The Morgan fingerprint density at radius 3 is 2.62 bits per heavy atom. The number of benzene rings is 1. The van der Waals surface area contributed by atoms with Crippen LogP contribution in [0.3, 0.4) is 0 Å². The summed E-state index contributed by atoms with van der Waals surface area (Å²) >= 11 is 1.22. The normalized spacial score (nSPS) is 17.4. The van der Waals surface area contributed by atoms with Gasteiger partial charge in [-0.25, -0.2) is 13.4 Å². The largest absolute Gasteiger partial charge is 0.353 e. The van der Waals surface area contributed by atoms with E-state index in [0.29, 0.717) is 10.8 Å². The molecule has 0 radical (unpaired) electrons. The Kier molecular flexibility index (Phi) is 6.25. The number of sulfonamides is 1. The predicted octanol–water partition coefficient (Wildman–Crippen LogP) is 0.619. The van der Waals surface area contributed by atoms with E-state index in [2.05, 4.69) is 20.9 Å². The lowest BCUT2D eigenvalue weighted by molar-refractivity contribution is -0.130. The highest BCUT2D eigenvalue weighted by Gasteiger charge is 2.39. The maximum absolute atomic E-state index is 13.1. The second-order valence-electron chi connectivity index (χ2n) is 6.22. The van der Waals surface area contributed by atoms with E-state index < -0.39 is 27.9 Å². The average Bonchev–Trinajstić information content (AvgIpc) is 3.16. The lowest BCUT2D eigenvalue weighted by Gasteiger charge is -2.33. The van der Waals surface area contributed by atoms with Crippen molar-refractivity contribution in [3.63, 3.8) is 0 Å². The van der Waals surface area contributed by atoms with Gasteiger partial charge in [-0.1, -0.05) is 0 Å². The summed E-state index contributed by atoms with van der Waals surface area (Å²) < 4.78 is 27.2. The Morgan fingerprint density at radius 2 is 2.00 bits per heavy atom. The number of carbonyl (C=O) groups is 3. The molecule has 0 bridgehead atoms. The number of carbonyl (C=O) groups excluding carboxylic acids is 3. The fourth-order valence-electron chi connectivity index (χ4n) is 2.86. The number of nitrogens with zero attached hydrogens (tertiary/aromatic N) is 2. The number of aromatic nitrogens is 1. The van der Waals surface area contributed by atoms with Gasteiger partial charge in [-0.3, -0.25) is 14.4 Å². The monoisotopic (exact) mass is 437 g/mol. The summed E-state index contributed by atoms with van der Waals surface area (Å²) in [5.41, 5.74) is 0.451. The Hall–Kier alpha value is -2.83. The van der Waals surface area contributed by atoms with Crippen molar-refractivity contribution in [2.45, 2.75) is 24.3 Å². The molecule has 154 valence electrons. The smallest absolute Gasteiger partial charge is 0.243 e. The van der Waals surface area contributed by atoms with E-state index in [1.807, 2.05) is 0 Å². The first-order chi connectivity index (χ1) is 13.8. The number of amides is 3. The standard InChI is InChI=1S/C17H19N5O5S2/c1-11(23)20-12-2-4-13(5-3-12)29(26,27)22-8-6-18-16(25)14(22)10-15(24)21-17-19-7-9-28-17/h2-5,7,9,14H,6,8,10H2,1H3,(H,18,25)(H,20,23)(H,19,21,24). The number of hydrogen-bond acceptors (Lipinski definition) is 7. The lowest BCUT2D eigenvalue weighted by Crippen LogP contribution is -2.57. The van der Waals surface area contributed by atoms with E-state index in [1.165, 1.54) is 48.7 Å². The summed E-state index contributed by atoms with van der Waals surface area (Å²) in [5.74, 6) is -1.33. The molecule has 1 fully saturated rings. The molecule has 1 aromatic carbocycles. The van der Waals surface area contributed by atoms with Crippen molar-refractivity contribution in [2.24, 2.45) is 0 Å². The van der Waals surface area contributed by atoms with Crippen molar-refractivity contribution in [1.29, 1.82) is 0 Å². The molecule has 2 aromatic rings. The van der Waals surface area contributed by atoms with E-state index in [0.717, 1.165) is 4.31 Å². The highest BCUT2D eigenvalue weighted by Crippen LogP contribution is 2.23. The van der Waals surface area contributed by atoms with E-state index in [4.69, 9.17) is 0 Å². The van der Waals surface area contributed by atoms with Gasteiger partial charge in [-0.2, -0.15) is 4.31 Å². The molecule has 1 aliphatic rings. The molecule has 12 heteroatoms. The van der Waals surface area contributed by atoms with Gasteiger partial charge in [0.15, 0.2) is 5.13 Å². The van der Waals surface area contributed by atoms with Crippen molar-refractivity contribution in [2.75, 3.05) is 23.7 Å². The average molecular weight is 438 g/mol. The van der Waals surface area contributed by atoms with E-state index in [-0.39, 0.29) is 30.3 Å². The number of thiazole rings is 1. The lowest BCUT2D eigenvalue weighted by atomic mass is 10.1. The van der Waals surface area contributed by atoms with Crippen LogP contribution in [0.25, 0.3) is 0 Å². The number of hydrogen-bond donors (Lipinski definition) is 3. The maximum Gasteiger partial charge on any atom is 0.243 e. The SMILES string of the molecule is CC(=O)Nc1ccc(S(=O)(=O)N2CCNC(=O)C2CC(=O)Nc2nccs2)cc1. The van der Waals surface area contributed by atoms with Gasteiger partial charge in [0.1, 0.15) is 6.04 Å². The maximum atomic E-state index is 13.1. The Balaban J connectivity index is 1.80. The molecule has 1 aliphatic heterocycles. The molecular formula is C17H19N5O5S2. The molecule has 0 spiro atoms. The number of nitrogens with one attached hydrogen (secondary N) is 3. The second-order valence-corrected chi connectivity index (χ2v) is 9.00. The fraction of sp³-hybridized carbons (Fsp3) is 0.294. The quantitative estimate of drug-likeness (QED) is 0.606. The number of piperazine rings is 1. The van der Waals surface area contributed by atoms with Gasteiger partial charge in [-0.15, -0.1) is 11.3 Å². The Morgan fingerprint density at radius 1 is 1.28 bits per heavy atom. The molecular weight excluding hydrogens is 418 g/mol. The van der Waals surface area contributed by atoms with Crippen molar-refractivity contribution in [3.05, 3.63) is 35.8 Å².